The number of nitrogens with one attached hydrogen (secondary N) is 2. The first-order valence-corrected chi connectivity index (χ1v) is 11.0. The standard InChI is InChI=1S/C25H33N3O2/c1-3-19(2)23(27-24(29)21-13-8-5-9-14-21)25(30)26-22-15-10-16-28(18-22)17-20-11-6-4-7-12-20/h4-9,11-14,19,22-23H,3,10,15-18H2,1-2H3,(H,26,30)(H,27,29). The fourth-order valence-corrected chi connectivity index (χ4v) is 3.97. The summed E-state index contributed by atoms with van der Waals surface area (Å²) in [6.07, 6.45) is 2.84. The highest BCUT2D eigenvalue weighted by atomic mass is 16.2. The van der Waals surface area contributed by atoms with Gasteiger partial charge in [-0.3, -0.25) is 14.5 Å². The molecular weight excluding hydrogens is 374 g/mol. The van der Waals surface area contributed by atoms with Gasteiger partial charge in [0.15, 0.2) is 0 Å². The van der Waals surface area contributed by atoms with Crippen molar-refractivity contribution in [1.29, 1.82) is 0 Å². The summed E-state index contributed by atoms with van der Waals surface area (Å²) < 4.78 is 0. The molecule has 0 aliphatic carbocycles. The molecule has 1 aliphatic rings. The number of likely N-dealkylation sites (tertiary alicyclic amines) is 1. The third-order valence-electron chi connectivity index (χ3n) is 5.92. The van der Waals surface area contributed by atoms with Crippen LogP contribution in [0.15, 0.2) is 60.7 Å². The summed E-state index contributed by atoms with van der Waals surface area (Å²) in [6, 6.07) is 19.1. The van der Waals surface area contributed by atoms with Gasteiger partial charge in [0.05, 0.1) is 0 Å². The van der Waals surface area contributed by atoms with Crippen molar-refractivity contribution in [2.75, 3.05) is 13.1 Å². The van der Waals surface area contributed by atoms with Crippen LogP contribution >= 0.6 is 0 Å². The second-order valence-electron chi connectivity index (χ2n) is 8.27. The van der Waals surface area contributed by atoms with Gasteiger partial charge in [0.25, 0.3) is 5.91 Å². The Morgan fingerprint density at radius 1 is 1.07 bits per heavy atom. The maximum absolute atomic E-state index is 13.1. The van der Waals surface area contributed by atoms with Crippen LogP contribution in [0.25, 0.3) is 0 Å². The summed E-state index contributed by atoms with van der Waals surface area (Å²) in [4.78, 5) is 28.1. The molecule has 3 unspecified atom stereocenters. The van der Waals surface area contributed by atoms with E-state index in [-0.39, 0.29) is 23.8 Å². The highest BCUT2D eigenvalue weighted by Crippen LogP contribution is 2.15. The summed E-state index contributed by atoms with van der Waals surface area (Å²) in [5.74, 6) is -0.229. The van der Waals surface area contributed by atoms with E-state index in [1.165, 1.54) is 5.56 Å². The highest BCUT2D eigenvalue weighted by Gasteiger charge is 2.29. The van der Waals surface area contributed by atoms with Crippen molar-refractivity contribution in [1.82, 2.24) is 15.5 Å². The minimum Gasteiger partial charge on any atom is -0.350 e. The predicted molar refractivity (Wildman–Crippen MR) is 120 cm³/mol. The summed E-state index contributed by atoms with van der Waals surface area (Å²) in [5.41, 5.74) is 1.86. The van der Waals surface area contributed by atoms with Gasteiger partial charge in [0, 0.05) is 24.7 Å². The number of amides is 2. The Bertz CT molecular complexity index is 810. The molecular formula is C25H33N3O2. The topological polar surface area (TPSA) is 61.4 Å². The molecule has 3 atom stereocenters. The summed E-state index contributed by atoms with van der Waals surface area (Å²) in [5, 5.41) is 6.17. The number of carbonyl (C=O) groups is 2. The lowest BCUT2D eigenvalue weighted by molar-refractivity contribution is -0.125. The van der Waals surface area contributed by atoms with Gasteiger partial charge in [0.1, 0.15) is 6.04 Å². The zero-order valence-electron chi connectivity index (χ0n) is 18.0. The average molecular weight is 408 g/mol. The molecule has 1 aliphatic heterocycles. The van der Waals surface area contributed by atoms with Crippen LogP contribution in [0.2, 0.25) is 0 Å². The van der Waals surface area contributed by atoms with Gasteiger partial charge in [-0.25, -0.2) is 0 Å². The molecule has 0 bridgehead atoms. The van der Waals surface area contributed by atoms with Gasteiger partial charge in [-0.2, -0.15) is 0 Å². The summed E-state index contributed by atoms with van der Waals surface area (Å²) in [7, 11) is 0. The van der Waals surface area contributed by atoms with Crippen LogP contribution in [0.5, 0.6) is 0 Å². The van der Waals surface area contributed by atoms with E-state index in [1.807, 2.05) is 38.1 Å². The second kappa shape index (κ2) is 10.9. The SMILES string of the molecule is CCC(C)C(NC(=O)c1ccccc1)C(=O)NC1CCCN(Cc2ccccc2)C1. The van der Waals surface area contributed by atoms with E-state index in [1.54, 1.807) is 12.1 Å². The van der Waals surface area contributed by atoms with Gasteiger partial charge in [-0.05, 0) is 43.0 Å². The van der Waals surface area contributed by atoms with Crippen LogP contribution in [0.1, 0.15) is 49.0 Å². The Morgan fingerprint density at radius 2 is 1.73 bits per heavy atom. The third-order valence-corrected chi connectivity index (χ3v) is 5.92. The lowest BCUT2D eigenvalue weighted by Crippen LogP contribution is -2.55. The minimum absolute atomic E-state index is 0.0571. The molecule has 1 heterocycles. The second-order valence-corrected chi connectivity index (χ2v) is 8.27. The highest BCUT2D eigenvalue weighted by molar-refractivity contribution is 5.97. The fraction of sp³-hybridized carbons (Fsp3) is 0.440. The van der Waals surface area contributed by atoms with E-state index in [0.717, 1.165) is 38.9 Å². The number of hydrogen-bond donors (Lipinski definition) is 2. The molecule has 2 N–H and O–H groups in total. The molecule has 2 aromatic carbocycles. The third kappa shape index (κ3) is 6.17. The Balaban J connectivity index is 1.59. The van der Waals surface area contributed by atoms with E-state index >= 15 is 0 Å². The van der Waals surface area contributed by atoms with Gasteiger partial charge in [-0.15, -0.1) is 0 Å². The van der Waals surface area contributed by atoms with Gasteiger partial charge in [-0.1, -0.05) is 68.8 Å². The first kappa shape index (κ1) is 22.0. The Morgan fingerprint density at radius 3 is 2.40 bits per heavy atom. The molecule has 5 nitrogen and oxygen atoms in total. The first-order valence-electron chi connectivity index (χ1n) is 11.0. The molecule has 1 saturated heterocycles. The molecule has 160 valence electrons. The van der Waals surface area contributed by atoms with Crippen LogP contribution in [-0.4, -0.2) is 41.9 Å². The number of benzene rings is 2. The normalized spacial score (nSPS) is 18.9. The Labute approximate surface area is 179 Å². The molecule has 0 saturated carbocycles. The van der Waals surface area contributed by atoms with Crippen molar-refractivity contribution >= 4 is 11.8 Å². The van der Waals surface area contributed by atoms with Crippen molar-refractivity contribution in [3.05, 3.63) is 71.8 Å². The largest absolute Gasteiger partial charge is 0.350 e. The van der Waals surface area contributed by atoms with Gasteiger partial charge in [0.2, 0.25) is 5.91 Å². The summed E-state index contributed by atoms with van der Waals surface area (Å²) >= 11 is 0. The molecule has 0 aromatic heterocycles. The molecule has 1 fully saturated rings. The lowest BCUT2D eigenvalue weighted by Gasteiger charge is -2.34. The molecule has 30 heavy (non-hydrogen) atoms. The van der Waals surface area contributed by atoms with Crippen molar-refractivity contribution in [2.45, 2.75) is 51.7 Å². The van der Waals surface area contributed by atoms with Crippen molar-refractivity contribution < 1.29 is 9.59 Å². The van der Waals surface area contributed by atoms with Crippen LogP contribution < -0.4 is 10.6 Å². The van der Waals surface area contributed by atoms with E-state index in [9.17, 15) is 9.59 Å². The number of nitrogens with zero attached hydrogens (tertiary/aromatic N) is 1. The van der Waals surface area contributed by atoms with Crippen molar-refractivity contribution in [3.63, 3.8) is 0 Å². The van der Waals surface area contributed by atoms with E-state index in [2.05, 4.69) is 39.8 Å². The van der Waals surface area contributed by atoms with Crippen LogP contribution in [0.4, 0.5) is 0 Å². The molecule has 2 aromatic rings. The van der Waals surface area contributed by atoms with Gasteiger partial charge < -0.3 is 10.6 Å². The molecule has 2 amide bonds. The first-order chi connectivity index (χ1) is 14.6. The lowest BCUT2D eigenvalue weighted by atomic mass is 9.96. The van der Waals surface area contributed by atoms with E-state index in [4.69, 9.17) is 0 Å². The van der Waals surface area contributed by atoms with E-state index < -0.39 is 6.04 Å². The predicted octanol–water partition coefficient (Wildman–Crippen LogP) is 3.61. The molecule has 0 radical (unpaired) electrons. The molecule has 5 heteroatoms. The van der Waals surface area contributed by atoms with Crippen LogP contribution in [0, 0.1) is 5.92 Å². The number of rotatable bonds is 8. The minimum atomic E-state index is -0.535. The van der Waals surface area contributed by atoms with Gasteiger partial charge >= 0.3 is 0 Å². The fourth-order valence-electron chi connectivity index (χ4n) is 3.97. The smallest absolute Gasteiger partial charge is 0.251 e. The Kier molecular flexibility index (Phi) is 8.03. The zero-order valence-corrected chi connectivity index (χ0v) is 18.0. The Hall–Kier alpha value is -2.66. The average Bonchev–Trinajstić information content (AvgIpc) is 2.78. The molecule has 3 rings (SSSR count). The number of carbonyl (C=O) groups excluding carboxylic acids is 2. The summed E-state index contributed by atoms with van der Waals surface area (Å²) in [6.45, 7) is 6.83. The van der Waals surface area contributed by atoms with Crippen LogP contribution in [-0.2, 0) is 11.3 Å². The number of piperidine rings is 1. The van der Waals surface area contributed by atoms with Crippen molar-refractivity contribution in [2.24, 2.45) is 5.92 Å². The zero-order chi connectivity index (χ0) is 21.3. The maximum Gasteiger partial charge on any atom is 0.251 e. The maximum atomic E-state index is 13.1. The van der Waals surface area contributed by atoms with Crippen LogP contribution in [0.3, 0.4) is 0 Å². The van der Waals surface area contributed by atoms with Crippen molar-refractivity contribution in [3.8, 4) is 0 Å². The molecule has 0 spiro atoms. The quantitative estimate of drug-likeness (QED) is 0.703. The number of hydrogen-bond acceptors (Lipinski definition) is 3. The monoisotopic (exact) mass is 407 g/mol. The van der Waals surface area contributed by atoms with E-state index in [0.29, 0.717) is 5.56 Å².